The van der Waals surface area contributed by atoms with Gasteiger partial charge >= 0.3 is 6.01 Å². The lowest BCUT2D eigenvalue weighted by molar-refractivity contribution is -0.115. The number of halogens is 2. The molecule has 3 N–H and O–H groups in total. The van der Waals surface area contributed by atoms with Crippen molar-refractivity contribution < 1.29 is 18.3 Å². The molecule has 0 radical (unpaired) electrons. The van der Waals surface area contributed by atoms with Crippen LogP contribution in [0.3, 0.4) is 0 Å². The normalized spacial score (nSPS) is 11.1. The third kappa shape index (κ3) is 4.49. The van der Waals surface area contributed by atoms with Gasteiger partial charge in [0.05, 0.1) is 16.6 Å². The van der Waals surface area contributed by atoms with Crippen molar-refractivity contribution in [2.24, 2.45) is 7.05 Å². The molecule has 9 nitrogen and oxygen atoms in total. The number of nitrogens with one attached hydrogen (secondary N) is 1. The van der Waals surface area contributed by atoms with Gasteiger partial charge in [0, 0.05) is 48.7 Å². The van der Waals surface area contributed by atoms with Crippen LogP contribution in [0.2, 0.25) is 0 Å². The van der Waals surface area contributed by atoms with Gasteiger partial charge < -0.3 is 20.4 Å². The average molecular weight is 516 g/mol. The summed E-state index contributed by atoms with van der Waals surface area (Å²) in [5.41, 5.74) is 8.81. The number of rotatable bonds is 6. The average Bonchev–Trinajstić information content (AvgIpc) is 3.17. The summed E-state index contributed by atoms with van der Waals surface area (Å²) in [4.78, 5) is 28.2. The first-order valence-electron chi connectivity index (χ1n) is 11.7. The number of hydrogen-bond acceptors (Lipinski definition) is 7. The van der Waals surface area contributed by atoms with Crippen LogP contribution in [0.5, 0.6) is 11.8 Å². The van der Waals surface area contributed by atoms with Crippen LogP contribution in [0.25, 0.3) is 33.4 Å². The highest BCUT2D eigenvalue weighted by molar-refractivity contribution is 6.08. The molecule has 0 fully saturated rings. The summed E-state index contributed by atoms with van der Waals surface area (Å²) in [6, 6.07) is 10.7. The Kier molecular flexibility index (Phi) is 6.41. The fraction of sp³-hybridized carbons (Fsp3) is 0.148. The maximum Gasteiger partial charge on any atom is 0.322 e. The smallest absolute Gasteiger partial charge is 0.322 e. The number of benzene rings is 2. The van der Waals surface area contributed by atoms with Crippen molar-refractivity contribution in [2.75, 3.05) is 11.1 Å². The van der Waals surface area contributed by atoms with Gasteiger partial charge in [-0.05, 0) is 30.7 Å². The Morgan fingerprint density at radius 1 is 1.05 bits per heavy atom. The molecule has 5 rings (SSSR count). The lowest BCUT2D eigenvalue weighted by Crippen LogP contribution is -2.09. The molecule has 0 bridgehead atoms. The molecule has 0 saturated heterocycles. The highest BCUT2D eigenvalue weighted by Gasteiger charge is 2.27. The topological polar surface area (TPSA) is 121 Å². The second-order valence-corrected chi connectivity index (χ2v) is 8.56. The third-order valence-electron chi connectivity index (χ3n) is 6.01. The number of anilines is 2. The molecule has 38 heavy (non-hydrogen) atoms. The van der Waals surface area contributed by atoms with Gasteiger partial charge in [-0.15, -0.1) is 0 Å². The van der Waals surface area contributed by atoms with Gasteiger partial charge in [0.2, 0.25) is 5.91 Å². The summed E-state index contributed by atoms with van der Waals surface area (Å²) in [6.45, 7) is 3.50. The molecule has 3 heterocycles. The van der Waals surface area contributed by atoms with Crippen LogP contribution in [0, 0.1) is 18.6 Å². The number of amides is 1. The van der Waals surface area contributed by atoms with Crippen LogP contribution < -0.4 is 15.8 Å². The number of nitrogens with zero attached hydrogens (tertiary/aromatic N) is 5. The number of hydrogen-bond donors (Lipinski definition) is 2. The molecule has 0 aliphatic heterocycles. The zero-order valence-corrected chi connectivity index (χ0v) is 20.8. The Balaban J connectivity index is 1.67. The summed E-state index contributed by atoms with van der Waals surface area (Å²) in [5.74, 6) is -1.91. The standard InChI is InChI=1S/C27H23F2N7O2/c1-4-20(37)35-16-7-5-15(6-8-16)24-22(23-25(30)32-13-33-26(23)36(24)3)21-18(28)11-17(12-19(21)29)38-27-31-10-9-14(2)34-27/h5-13H,4H2,1-3H3,(H,35,37)(H2,30,32,33). The first kappa shape index (κ1) is 24.8. The Bertz CT molecular complexity index is 1660. The van der Waals surface area contributed by atoms with Crippen LogP contribution in [0.4, 0.5) is 20.3 Å². The van der Waals surface area contributed by atoms with Crippen molar-refractivity contribution >= 4 is 28.4 Å². The van der Waals surface area contributed by atoms with Gasteiger partial charge in [0.15, 0.2) is 0 Å². The van der Waals surface area contributed by atoms with Crippen molar-refractivity contribution in [2.45, 2.75) is 20.3 Å². The summed E-state index contributed by atoms with van der Waals surface area (Å²) in [6.07, 6.45) is 3.12. The second-order valence-electron chi connectivity index (χ2n) is 8.56. The van der Waals surface area contributed by atoms with E-state index in [1.54, 1.807) is 55.8 Å². The van der Waals surface area contributed by atoms with E-state index in [4.69, 9.17) is 10.5 Å². The Morgan fingerprint density at radius 3 is 2.42 bits per heavy atom. The SMILES string of the molecule is CCC(=O)Nc1ccc(-c2c(-c3c(F)cc(Oc4nccc(C)n4)cc3F)c3c(N)ncnc3n2C)cc1. The highest BCUT2D eigenvalue weighted by atomic mass is 19.1. The molecule has 0 aliphatic rings. The first-order valence-corrected chi connectivity index (χ1v) is 11.7. The molecule has 0 unspecified atom stereocenters. The number of aryl methyl sites for hydroxylation is 2. The maximum atomic E-state index is 15.7. The summed E-state index contributed by atoms with van der Waals surface area (Å²) >= 11 is 0. The summed E-state index contributed by atoms with van der Waals surface area (Å²) < 4.78 is 38.6. The third-order valence-corrected chi connectivity index (χ3v) is 6.01. The number of aromatic nitrogens is 5. The van der Waals surface area contributed by atoms with Gasteiger partial charge in [-0.25, -0.2) is 28.7 Å². The summed E-state index contributed by atoms with van der Waals surface area (Å²) in [5, 5.41) is 3.09. The van der Waals surface area contributed by atoms with E-state index in [9.17, 15) is 4.79 Å². The number of ether oxygens (including phenoxy) is 1. The van der Waals surface area contributed by atoms with Crippen molar-refractivity contribution in [1.29, 1.82) is 0 Å². The van der Waals surface area contributed by atoms with E-state index >= 15 is 8.78 Å². The van der Waals surface area contributed by atoms with E-state index in [1.165, 1.54) is 12.5 Å². The molecule has 2 aromatic carbocycles. The van der Waals surface area contributed by atoms with E-state index in [0.717, 1.165) is 12.1 Å². The van der Waals surface area contributed by atoms with E-state index in [0.29, 0.717) is 40.1 Å². The zero-order chi connectivity index (χ0) is 27.0. The lowest BCUT2D eigenvalue weighted by atomic mass is 9.97. The van der Waals surface area contributed by atoms with Gasteiger partial charge in [-0.3, -0.25) is 4.79 Å². The largest absolute Gasteiger partial charge is 0.424 e. The quantitative estimate of drug-likeness (QED) is 0.310. The van der Waals surface area contributed by atoms with E-state index in [1.807, 2.05) is 0 Å². The number of fused-ring (bicyclic) bond motifs is 1. The van der Waals surface area contributed by atoms with E-state index in [2.05, 4.69) is 25.3 Å². The second kappa shape index (κ2) is 9.85. The fourth-order valence-corrected chi connectivity index (χ4v) is 4.25. The molecule has 0 aliphatic carbocycles. The van der Waals surface area contributed by atoms with Gasteiger partial charge in [-0.1, -0.05) is 19.1 Å². The number of nitrogens with two attached hydrogens (primary N) is 1. The van der Waals surface area contributed by atoms with Crippen LogP contribution in [0.15, 0.2) is 55.0 Å². The van der Waals surface area contributed by atoms with Crippen LogP contribution in [-0.2, 0) is 11.8 Å². The molecular formula is C27H23F2N7O2. The molecular weight excluding hydrogens is 492 g/mol. The van der Waals surface area contributed by atoms with E-state index in [-0.39, 0.29) is 34.6 Å². The number of carbonyl (C=O) groups is 1. The number of nitrogen functional groups attached to an aromatic ring is 1. The van der Waals surface area contributed by atoms with Gasteiger partial charge in [0.25, 0.3) is 0 Å². The van der Waals surface area contributed by atoms with Crippen molar-refractivity contribution in [1.82, 2.24) is 24.5 Å². The van der Waals surface area contributed by atoms with Crippen LogP contribution in [0.1, 0.15) is 19.0 Å². The fourth-order valence-electron chi connectivity index (χ4n) is 4.25. The maximum absolute atomic E-state index is 15.7. The van der Waals surface area contributed by atoms with Gasteiger partial charge in [0.1, 0.15) is 35.2 Å². The first-order chi connectivity index (χ1) is 18.3. The molecule has 0 atom stereocenters. The monoisotopic (exact) mass is 515 g/mol. The van der Waals surface area contributed by atoms with Crippen molar-refractivity contribution in [3.63, 3.8) is 0 Å². The predicted molar refractivity (Wildman–Crippen MR) is 139 cm³/mol. The van der Waals surface area contributed by atoms with Gasteiger partial charge in [-0.2, -0.15) is 0 Å². The molecule has 1 amide bonds. The minimum Gasteiger partial charge on any atom is -0.424 e. The van der Waals surface area contributed by atoms with E-state index < -0.39 is 11.6 Å². The summed E-state index contributed by atoms with van der Waals surface area (Å²) in [7, 11) is 1.72. The zero-order valence-electron chi connectivity index (χ0n) is 20.8. The minimum absolute atomic E-state index is 0.0321. The highest BCUT2D eigenvalue weighted by Crippen LogP contribution is 2.44. The van der Waals surface area contributed by atoms with Crippen LogP contribution in [-0.4, -0.2) is 30.4 Å². The molecule has 3 aromatic heterocycles. The molecule has 0 spiro atoms. The van der Waals surface area contributed by atoms with Crippen LogP contribution >= 0.6 is 0 Å². The molecule has 192 valence electrons. The molecule has 0 saturated carbocycles. The minimum atomic E-state index is -0.878. The predicted octanol–water partition coefficient (Wildman–Crippen LogP) is 5.40. The van der Waals surface area contributed by atoms with Crippen molar-refractivity contribution in [3.8, 4) is 34.1 Å². The van der Waals surface area contributed by atoms with Crippen molar-refractivity contribution in [3.05, 3.63) is 72.3 Å². The molecule has 5 aromatic rings. The number of carbonyl (C=O) groups excluding carboxylic acids is 1. The Morgan fingerprint density at radius 2 is 1.76 bits per heavy atom. The lowest BCUT2D eigenvalue weighted by Gasteiger charge is -2.13. The Hall–Kier alpha value is -4.93. The molecule has 11 heteroatoms. The Labute approximate surface area is 216 Å².